The molecule has 0 spiro atoms. The summed E-state index contributed by atoms with van der Waals surface area (Å²) < 4.78 is 10.5. The SMILES string of the molecule is CCNC(=NCCCN(C)CCOC)N1CCN(c2cccc(OC)c2)CC1. The standard InChI is InChI=1S/C21H37N5O2/c1-5-22-21(23-10-7-11-24(2)16-17-27-3)26-14-12-25(13-15-26)19-8-6-9-20(18-19)28-4/h6,8-9,18H,5,7,10-17H2,1-4H3,(H,22,23). The van der Waals surface area contributed by atoms with Gasteiger partial charge < -0.3 is 29.5 Å². The lowest BCUT2D eigenvalue weighted by molar-refractivity contribution is 0.161. The van der Waals surface area contributed by atoms with E-state index in [0.29, 0.717) is 0 Å². The van der Waals surface area contributed by atoms with Crippen molar-refractivity contribution in [2.45, 2.75) is 13.3 Å². The lowest BCUT2D eigenvalue weighted by atomic mass is 10.2. The van der Waals surface area contributed by atoms with E-state index in [1.54, 1.807) is 14.2 Å². The topological polar surface area (TPSA) is 52.6 Å². The first-order valence-corrected chi connectivity index (χ1v) is 10.3. The second kappa shape index (κ2) is 12.5. The van der Waals surface area contributed by atoms with Gasteiger partial charge in [0.05, 0.1) is 13.7 Å². The minimum Gasteiger partial charge on any atom is -0.497 e. The highest BCUT2D eigenvalue weighted by Gasteiger charge is 2.20. The van der Waals surface area contributed by atoms with Crippen molar-refractivity contribution in [3.05, 3.63) is 24.3 Å². The van der Waals surface area contributed by atoms with Crippen molar-refractivity contribution in [2.75, 3.05) is 85.1 Å². The van der Waals surface area contributed by atoms with E-state index in [2.05, 4.69) is 52.2 Å². The first kappa shape index (κ1) is 22.3. The number of piperazine rings is 1. The zero-order valence-corrected chi connectivity index (χ0v) is 18.0. The van der Waals surface area contributed by atoms with Crippen LogP contribution in [-0.2, 0) is 4.74 Å². The van der Waals surface area contributed by atoms with Crippen LogP contribution in [0.4, 0.5) is 5.69 Å². The van der Waals surface area contributed by atoms with Gasteiger partial charge in [-0.25, -0.2) is 0 Å². The number of likely N-dealkylation sites (N-methyl/N-ethyl adjacent to an activating group) is 1. The molecule has 1 saturated heterocycles. The molecule has 1 N–H and O–H groups in total. The van der Waals surface area contributed by atoms with Crippen molar-refractivity contribution < 1.29 is 9.47 Å². The van der Waals surface area contributed by atoms with Crippen LogP contribution in [0.1, 0.15) is 13.3 Å². The maximum absolute atomic E-state index is 5.35. The summed E-state index contributed by atoms with van der Waals surface area (Å²) in [5.41, 5.74) is 1.22. The number of anilines is 1. The van der Waals surface area contributed by atoms with Gasteiger partial charge in [-0.15, -0.1) is 0 Å². The molecule has 0 atom stereocenters. The molecular weight excluding hydrogens is 354 g/mol. The molecule has 0 saturated carbocycles. The normalized spacial score (nSPS) is 15.2. The van der Waals surface area contributed by atoms with E-state index in [1.165, 1.54) is 5.69 Å². The van der Waals surface area contributed by atoms with Gasteiger partial charge in [0.25, 0.3) is 0 Å². The second-order valence-electron chi connectivity index (χ2n) is 7.06. The predicted octanol–water partition coefficient (Wildman–Crippen LogP) is 1.75. The fourth-order valence-corrected chi connectivity index (χ4v) is 3.29. The van der Waals surface area contributed by atoms with Crippen molar-refractivity contribution in [1.82, 2.24) is 15.1 Å². The zero-order valence-electron chi connectivity index (χ0n) is 18.0. The summed E-state index contributed by atoms with van der Waals surface area (Å²) >= 11 is 0. The van der Waals surface area contributed by atoms with E-state index in [0.717, 1.165) is 77.1 Å². The van der Waals surface area contributed by atoms with Crippen LogP contribution in [0.25, 0.3) is 0 Å². The Morgan fingerprint density at radius 1 is 1.18 bits per heavy atom. The predicted molar refractivity (Wildman–Crippen MR) is 117 cm³/mol. The number of guanidine groups is 1. The molecule has 1 aromatic rings. The van der Waals surface area contributed by atoms with E-state index in [4.69, 9.17) is 14.5 Å². The van der Waals surface area contributed by atoms with Crippen LogP contribution in [0.15, 0.2) is 29.3 Å². The third-order valence-corrected chi connectivity index (χ3v) is 4.97. The lowest BCUT2D eigenvalue weighted by Crippen LogP contribution is -2.52. The Bertz CT molecular complexity index is 588. The number of aliphatic imine (C=N–C) groups is 1. The van der Waals surface area contributed by atoms with Crippen LogP contribution >= 0.6 is 0 Å². The number of nitrogens with zero attached hydrogens (tertiary/aromatic N) is 4. The molecule has 0 aliphatic carbocycles. The molecule has 1 fully saturated rings. The highest BCUT2D eigenvalue weighted by atomic mass is 16.5. The van der Waals surface area contributed by atoms with Crippen LogP contribution < -0.4 is 15.0 Å². The molecule has 1 aliphatic rings. The van der Waals surface area contributed by atoms with Crippen LogP contribution in [-0.4, -0.2) is 96.0 Å². The maximum atomic E-state index is 5.35. The van der Waals surface area contributed by atoms with E-state index in [1.807, 2.05) is 6.07 Å². The number of hydrogen-bond donors (Lipinski definition) is 1. The molecule has 7 heteroatoms. The molecule has 2 rings (SSSR count). The summed E-state index contributed by atoms with van der Waals surface area (Å²) in [5, 5.41) is 3.45. The largest absolute Gasteiger partial charge is 0.497 e. The van der Waals surface area contributed by atoms with E-state index < -0.39 is 0 Å². The quantitative estimate of drug-likeness (QED) is 0.373. The average Bonchev–Trinajstić information content (AvgIpc) is 2.74. The Labute approximate surface area is 170 Å². The molecule has 28 heavy (non-hydrogen) atoms. The van der Waals surface area contributed by atoms with Crippen molar-refractivity contribution in [1.29, 1.82) is 0 Å². The van der Waals surface area contributed by atoms with Crippen molar-refractivity contribution in [3.8, 4) is 5.75 Å². The molecule has 1 aromatic carbocycles. The van der Waals surface area contributed by atoms with Crippen molar-refractivity contribution >= 4 is 11.6 Å². The molecular formula is C21H37N5O2. The van der Waals surface area contributed by atoms with Gasteiger partial charge in [0.2, 0.25) is 0 Å². The first-order valence-electron chi connectivity index (χ1n) is 10.3. The molecule has 0 bridgehead atoms. The van der Waals surface area contributed by atoms with Crippen LogP contribution in [0.2, 0.25) is 0 Å². The van der Waals surface area contributed by atoms with Gasteiger partial charge in [-0.3, -0.25) is 4.99 Å². The fourth-order valence-electron chi connectivity index (χ4n) is 3.29. The molecule has 1 heterocycles. The fraction of sp³-hybridized carbons (Fsp3) is 0.667. The number of methoxy groups -OCH3 is 2. The minimum atomic E-state index is 0.778. The van der Waals surface area contributed by atoms with Gasteiger partial charge in [0, 0.05) is 64.7 Å². The van der Waals surface area contributed by atoms with Gasteiger partial charge >= 0.3 is 0 Å². The number of rotatable bonds is 10. The summed E-state index contributed by atoms with van der Waals surface area (Å²) in [5.74, 6) is 1.94. The zero-order chi connectivity index (χ0) is 20.2. The third kappa shape index (κ3) is 7.20. The lowest BCUT2D eigenvalue weighted by Gasteiger charge is -2.37. The first-order chi connectivity index (χ1) is 13.7. The van der Waals surface area contributed by atoms with Gasteiger partial charge in [-0.2, -0.15) is 0 Å². The van der Waals surface area contributed by atoms with E-state index in [-0.39, 0.29) is 0 Å². The summed E-state index contributed by atoms with van der Waals surface area (Å²) in [7, 11) is 5.59. The number of nitrogens with one attached hydrogen (secondary N) is 1. The van der Waals surface area contributed by atoms with E-state index >= 15 is 0 Å². The molecule has 0 unspecified atom stereocenters. The monoisotopic (exact) mass is 391 g/mol. The molecule has 0 amide bonds. The molecule has 7 nitrogen and oxygen atoms in total. The Morgan fingerprint density at radius 2 is 1.96 bits per heavy atom. The summed E-state index contributed by atoms with van der Waals surface area (Å²) in [4.78, 5) is 11.9. The maximum Gasteiger partial charge on any atom is 0.194 e. The van der Waals surface area contributed by atoms with Crippen molar-refractivity contribution in [2.24, 2.45) is 4.99 Å². The van der Waals surface area contributed by atoms with Gasteiger partial charge in [-0.1, -0.05) is 6.07 Å². The highest BCUT2D eigenvalue weighted by Crippen LogP contribution is 2.22. The summed E-state index contributed by atoms with van der Waals surface area (Å²) in [6.45, 7) is 10.5. The van der Waals surface area contributed by atoms with Gasteiger partial charge in [0.1, 0.15) is 5.75 Å². The van der Waals surface area contributed by atoms with Gasteiger partial charge in [-0.05, 0) is 39.1 Å². The van der Waals surface area contributed by atoms with E-state index in [9.17, 15) is 0 Å². The molecule has 0 radical (unpaired) electrons. The Balaban J connectivity index is 1.82. The van der Waals surface area contributed by atoms with Crippen LogP contribution in [0.5, 0.6) is 5.75 Å². The summed E-state index contributed by atoms with van der Waals surface area (Å²) in [6, 6.07) is 8.30. The smallest absolute Gasteiger partial charge is 0.194 e. The minimum absolute atomic E-state index is 0.778. The van der Waals surface area contributed by atoms with Crippen LogP contribution in [0, 0.1) is 0 Å². The average molecular weight is 392 g/mol. The van der Waals surface area contributed by atoms with Gasteiger partial charge in [0.15, 0.2) is 5.96 Å². The molecule has 1 aliphatic heterocycles. The summed E-state index contributed by atoms with van der Waals surface area (Å²) in [6.07, 6.45) is 1.05. The molecule has 0 aromatic heterocycles. The third-order valence-electron chi connectivity index (χ3n) is 4.97. The Morgan fingerprint density at radius 3 is 2.64 bits per heavy atom. The number of benzene rings is 1. The Kier molecular flexibility index (Phi) is 9.93. The molecule has 158 valence electrons. The van der Waals surface area contributed by atoms with Crippen LogP contribution in [0.3, 0.4) is 0 Å². The number of hydrogen-bond acceptors (Lipinski definition) is 5. The number of ether oxygens (including phenoxy) is 2. The second-order valence-corrected chi connectivity index (χ2v) is 7.06. The van der Waals surface area contributed by atoms with Crippen molar-refractivity contribution in [3.63, 3.8) is 0 Å². The highest BCUT2D eigenvalue weighted by molar-refractivity contribution is 5.80. The Hall–Kier alpha value is -1.99.